The molecule has 3 aromatic carbocycles. The van der Waals surface area contributed by atoms with Gasteiger partial charge in [-0.05, 0) is 42.0 Å². The third-order valence-electron chi connectivity index (χ3n) is 5.52. The summed E-state index contributed by atoms with van der Waals surface area (Å²) in [6.07, 6.45) is 5.64. The molecule has 0 saturated heterocycles. The standard InChI is InChI=1S/C26H22Cl6N3O/c27-18-5-4-17(23(31)12-18)15-36-25(20-7-6-19(28)13-24(20)32)14-35-11-10-34(16-35)9-8-33-26-21(29)2-1-3-22(26)30/h1-7,10-13,16,25,33H,8-9,14-15H2/q+1. The number of nitrogens with one attached hydrogen (secondary N) is 1. The summed E-state index contributed by atoms with van der Waals surface area (Å²) in [4.78, 5) is 0. The molecular formula is C26H22Cl6N3O+. The molecule has 0 bridgehead atoms. The molecule has 4 nitrogen and oxygen atoms in total. The smallest absolute Gasteiger partial charge is 0.243 e. The van der Waals surface area contributed by atoms with Crippen molar-refractivity contribution in [1.82, 2.24) is 4.57 Å². The zero-order valence-corrected chi connectivity index (χ0v) is 23.4. The van der Waals surface area contributed by atoms with Crippen molar-refractivity contribution in [2.24, 2.45) is 0 Å². The van der Waals surface area contributed by atoms with E-state index in [1.807, 2.05) is 41.5 Å². The van der Waals surface area contributed by atoms with E-state index in [9.17, 15) is 0 Å². The predicted octanol–water partition coefficient (Wildman–Crippen LogP) is 8.77. The van der Waals surface area contributed by atoms with Gasteiger partial charge >= 0.3 is 0 Å². The number of anilines is 1. The molecule has 188 valence electrons. The minimum absolute atomic E-state index is 0.295. The number of rotatable bonds is 10. The van der Waals surface area contributed by atoms with E-state index in [2.05, 4.69) is 9.88 Å². The van der Waals surface area contributed by atoms with Crippen LogP contribution in [0.3, 0.4) is 0 Å². The van der Waals surface area contributed by atoms with Gasteiger partial charge in [0.2, 0.25) is 6.33 Å². The van der Waals surface area contributed by atoms with E-state index in [1.54, 1.807) is 36.4 Å². The fraction of sp³-hybridized carbons (Fsp3) is 0.192. The van der Waals surface area contributed by atoms with Gasteiger partial charge in [-0.1, -0.05) is 87.8 Å². The molecule has 0 saturated carbocycles. The van der Waals surface area contributed by atoms with Gasteiger partial charge in [0.1, 0.15) is 31.6 Å². The molecule has 1 unspecified atom stereocenters. The Balaban J connectivity index is 1.45. The van der Waals surface area contributed by atoms with Crippen LogP contribution in [0.15, 0.2) is 73.3 Å². The lowest BCUT2D eigenvalue weighted by Gasteiger charge is -2.19. The number of para-hydroxylation sites is 1. The number of aromatic nitrogens is 2. The van der Waals surface area contributed by atoms with E-state index in [0.29, 0.717) is 56.4 Å². The van der Waals surface area contributed by atoms with Crippen LogP contribution >= 0.6 is 69.6 Å². The first kappa shape index (κ1) is 27.4. The van der Waals surface area contributed by atoms with Crippen molar-refractivity contribution in [2.75, 3.05) is 11.9 Å². The highest BCUT2D eigenvalue weighted by Gasteiger charge is 2.20. The van der Waals surface area contributed by atoms with Gasteiger partial charge in [0.05, 0.1) is 28.9 Å². The molecule has 10 heteroatoms. The molecular weight excluding hydrogens is 583 g/mol. The molecule has 0 amide bonds. The van der Waals surface area contributed by atoms with Crippen LogP contribution in [0, 0.1) is 0 Å². The van der Waals surface area contributed by atoms with Gasteiger partial charge in [-0.2, -0.15) is 0 Å². The van der Waals surface area contributed by atoms with Gasteiger partial charge in [0.15, 0.2) is 0 Å². The Labute approximate surface area is 240 Å². The van der Waals surface area contributed by atoms with Gasteiger partial charge in [0, 0.05) is 25.7 Å². The van der Waals surface area contributed by atoms with Gasteiger partial charge in [-0.15, -0.1) is 0 Å². The number of hydrogen-bond acceptors (Lipinski definition) is 2. The highest BCUT2D eigenvalue weighted by atomic mass is 35.5. The molecule has 0 aliphatic carbocycles. The van der Waals surface area contributed by atoms with Crippen molar-refractivity contribution < 1.29 is 9.30 Å². The van der Waals surface area contributed by atoms with Crippen LogP contribution in [0.1, 0.15) is 17.2 Å². The number of benzene rings is 3. The second-order valence-corrected chi connectivity index (χ2v) is 10.6. The highest BCUT2D eigenvalue weighted by molar-refractivity contribution is 6.39. The molecule has 0 aliphatic heterocycles. The average molecular weight is 605 g/mol. The van der Waals surface area contributed by atoms with Crippen LogP contribution < -0.4 is 9.88 Å². The second kappa shape index (κ2) is 12.7. The summed E-state index contributed by atoms with van der Waals surface area (Å²) < 4.78 is 10.4. The van der Waals surface area contributed by atoms with Crippen molar-refractivity contribution >= 4 is 75.3 Å². The molecule has 0 spiro atoms. The van der Waals surface area contributed by atoms with Gasteiger partial charge < -0.3 is 10.1 Å². The molecule has 1 N–H and O–H groups in total. The first-order valence-electron chi connectivity index (χ1n) is 11.0. The summed E-state index contributed by atoms with van der Waals surface area (Å²) in [5.41, 5.74) is 2.40. The summed E-state index contributed by atoms with van der Waals surface area (Å²) in [6.45, 7) is 2.19. The number of nitrogens with zero attached hydrogens (tertiary/aromatic N) is 2. The maximum absolute atomic E-state index is 6.53. The molecule has 0 radical (unpaired) electrons. The van der Waals surface area contributed by atoms with Gasteiger partial charge in [-0.3, -0.25) is 0 Å². The predicted molar refractivity (Wildman–Crippen MR) is 150 cm³/mol. The van der Waals surface area contributed by atoms with Crippen LogP contribution in [-0.2, 0) is 24.4 Å². The van der Waals surface area contributed by atoms with Crippen LogP contribution in [0.4, 0.5) is 5.69 Å². The summed E-state index contributed by atoms with van der Waals surface area (Å²) in [7, 11) is 0. The van der Waals surface area contributed by atoms with Crippen LogP contribution in [-0.4, -0.2) is 11.1 Å². The second-order valence-electron chi connectivity index (χ2n) is 8.07. The van der Waals surface area contributed by atoms with Gasteiger partial charge in [0.25, 0.3) is 0 Å². The molecule has 1 heterocycles. The van der Waals surface area contributed by atoms with Crippen molar-refractivity contribution in [3.05, 3.63) is 115 Å². The van der Waals surface area contributed by atoms with Crippen molar-refractivity contribution in [3.63, 3.8) is 0 Å². The Morgan fingerprint density at radius 3 is 2.22 bits per heavy atom. The molecule has 36 heavy (non-hydrogen) atoms. The van der Waals surface area contributed by atoms with Crippen LogP contribution in [0.5, 0.6) is 0 Å². The molecule has 0 aliphatic rings. The minimum atomic E-state index is -0.345. The van der Waals surface area contributed by atoms with Crippen molar-refractivity contribution in [1.29, 1.82) is 0 Å². The Bertz CT molecular complexity index is 1320. The summed E-state index contributed by atoms with van der Waals surface area (Å²) in [5, 5.41) is 6.70. The first-order chi connectivity index (χ1) is 17.3. The third kappa shape index (κ3) is 7.23. The quantitative estimate of drug-likeness (QED) is 0.183. The fourth-order valence-corrected chi connectivity index (χ4v) is 5.20. The molecule has 1 atom stereocenters. The topological polar surface area (TPSA) is 30.1 Å². The maximum atomic E-state index is 6.53. The highest BCUT2D eigenvalue weighted by Crippen LogP contribution is 2.31. The van der Waals surface area contributed by atoms with Crippen LogP contribution in [0.25, 0.3) is 0 Å². The normalized spacial score (nSPS) is 12.1. The Morgan fingerprint density at radius 1 is 0.833 bits per heavy atom. The molecule has 4 aromatic rings. The molecule has 4 rings (SSSR count). The fourth-order valence-electron chi connectivity index (χ4n) is 3.68. The van der Waals surface area contributed by atoms with E-state index < -0.39 is 0 Å². The average Bonchev–Trinajstić information content (AvgIpc) is 3.27. The van der Waals surface area contributed by atoms with E-state index in [4.69, 9.17) is 74.3 Å². The zero-order valence-electron chi connectivity index (χ0n) is 18.9. The Hall–Kier alpha value is -1.63. The van der Waals surface area contributed by atoms with Crippen LogP contribution in [0.2, 0.25) is 30.1 Å². The first-order valence-corrected chi connectivity index (χ1v) is 13.3. The van der Waals surface area contributed by atoms with E-state index >= 15 is 0 Å². The Morgan fingerprint density at radius 2 is 1.53 bits per heavy atom. The zero-order chi connectivity index (χ0) is 25.7. The summed E-state index contributed by atoms with van der Waals surface area (Å²) in [6, 6.07) is 16.2. The van der Waals surface area contributed by atoms with Crippen molar-refractivity contribution in [3.8, 4) is 0 Å². The van der Waals surface area contributed by atoms with E-state index in [0.717, 1.165) is 16.8 Å². The van der Waals surface area contributed by atoms with E-state index in [1.165, 1.54) is 0 Å². The lowest BCUT2D eigenvalue weighted by Crippen LogP contribution is -2.35. The summed E-state index contributed by atoms with van der Waals surface area (Å²) >= 11 is 37.5. The Kier molecular flexibility index (Phi) is 9.71. The largest absolute Gasteiger partial charge is 0.379 e. The van der Waals surface area contributed by atoms with E-state index in [-0.39, 0.29) is 6.10 Å². The number of hydrogen-bond donors (Lipinski definition) is 1. The number of halogens is 6. The number of ether oxygens (including phenoxy) is 1. The summed E-state index contributed by atoms with van der Waals surface area (Å²) in [5.74, 6) is 0. The molecule has 0 fully saturated rings. The lowest BCUT2D eigenvalue weighted by atomic mass is 10.1. The maximum Gasteiger partial charge on any atom is 0.243 e. The monoisotopic (exact) mass is 602 g/mol. The number of imidazole rings is 1. The SMILES string of the molecule is Clc1ccc(COC(C[n+]2ccn(CCNc3c(Cl)cccc3Cl)c2)c2ccc(Cl)cc2Cl)c(Cl)c1. The van der Waals surface area contributed by atoms with Crippen molar-refractivity contribution in [2.45, 2.75) is 25.8 Å². The third-order valence-corrected chi connectivity index (χ3v) is 7.30. The van der Waals surface area contributed by atoms with Gasteiger partial charge in [-0.25, -0.2) is 9.13 Å². The lowest BCUT2D eigenvalue weighted by molar-refractivity contribution is -0.704. The minimum Gasteiger partial charge on any atom is -0.379 e. The molecule has 1 aromatic heterocycles.